The van der Waals surface area contributed by atoms with Gasteiger partial charge in [-0.3, -0.25) is 9.59 Å². The van der Waals surface area contributed by atoms with E-state index in [1.807, 2.05) is 0 Å². The predicted molar refractivity (Wildman–Crippen MR) is 134 cm³/mol. The van der Waals surface area contributed by atoms with Gasteiger partial charge in [0.15, 0.2) is 0 Å². The Morgan fingerprint density at radius 1 is 1.03 bits per heavy atom. The number of rotatable bonds is 10. The molecule has 0 bridgehead atoms. The molecule has 1 amide bonds. The van der Waals surface area contributed by atoms with Crippen LogP contribution in [0.4, 0.5) is 13.2 Å². The summed E-state index contributed by atoms with van der Waals surface area (Å²) >= 11 is 6.27. The molecule has 38 heavy (non-hydrogen) atoms. The van der Waals surface area contributed by atoms with Crippen LogP contribution in [0, 0.1) is 11.3 Å². The van der Waals surface area contributed by atoms with Gasteiger partial charge in [-0.25, -0.2) is 0 Å². The average Bonchev–Trinajstić information content (AvgIpc) is 2.90. The fourth-order valence-electron chi connectivity index (χ4n) is 3.59. The minimum absolute atomic E-state index is 0.0198. The van der Waals surface area contributed by atoms with E-state index in [4.69, 9.17) is 25.8 Å². The van der Waals surface area contributed by atoms with Gasteiger partial charge in [0.25, 0.3) is 5.91 Å². The molecule has 7 nitrogen and oxygen atoms in total. The molecule has 0 aliphatic rings. The van der Waals surface area contributed by atoms with Crippen molar-refractivity contribution < 1.29 is 37.0 Å². The van der Waals surface area contributed by atoms with Gasteiger partial charge >= 0.3 is 11.8 Å². The normalized spacial score (nSPS) is 12.9. The molecule has 0 aliphatic heterocycles. The van der Waals surface area contributed by atoms with Crippen LogP contribution in [-0.2, 0) is 20.5 Å². The SMILES string of the molecule is CCC(=O)C(C#N)(Oc1cc(Oc2ccc3cc(C(F)(F)F)ccc3c2)ccc1Cl)C(=O)N(C)CCOC. The van der Waals surface area contributed by atoms with Gasteiger partial charge in [0.1, 0.15) is 23.3 Å². The fourth-order valence-corrected chi connectivity index (χ4v) is 3.75. The van der Waals surface area contributed by atoms with Crippen LogP contribution in [0.2, 0.25) is 5.02 Å². The van der Waals surface area contributed by atoms with Crippen molar-refractivity contribution in [2.24, 2.45) is 0 Å². The minimum Gasteiger partial charge on any atom is -0.457 e. The summed E-state index contributed by atoms with van der Waals surface area (Å²) in [5.41, 5.74) is -3.25. The lowest BCUT2D eigenvalue weighted by atomic mass is 9.95. The number of fused-ring (bicyclic) bond motifs is 1. The highest BCUT2D eigenvalue weighted by molar-refractivity contribution is 6.32. The van der Waals surface area contributed by atoms with Gasteiger partial charge in [0.05, 0.1) is 17.2 Å². The van der Waals surface area contributed by atoms with Crippen LogP contribution in [0.3, 0.4) is 0 Å². The first-order valence-electron chi connectivity index (χ1n) is 11.4. The molecule has 3 rings (SSSR count). The third-order valence-corrected chi connectivity index (χ3v) is 6.00. The maximum Gasteiger partial charge on any atom is 0.416 e. The second-order valence-corrected chi connectivity index (χ2v) is 8.71. The lowest BCUT2D eigenvalue weighted by Crippen LogP contribution is -2.56. The molecule has 0 saturated heterocycles. The Kier molecular flexibility index (Phi) is 8.86. The quantitative estimate of drug-likeness (QED) is 0.287. The molecule has 0 aromatic heterocycles. The number of amides is 1. The number of hydrogen-bond donors (Lipinski definition) is 0. The van der Waals surface area contributed by atoms with Crippen molar-refractivity contribution in [3.63, 3.8) is 0 Å². The lowest BCUT2D eigenvalue weighted by Gasteiger charge is -2.29. The molecule has 3 aromatic rings. The van der Waals surface area contributed by atoms with E-state index in [-0.39, 0.29) is 36.1 Å². The highest BCUT2D eigenvalue weighted by atomic mass is 35.5. The first-order chi connectivity index (χ1) is 17.9. The van der Waals surface area contributed by atoms with E-state index < -0.39 is 29.0 Å². The first kappa shape index (κ1) is 28.8. The van der Waals surface area contributed by atoms with E-state index in [9.17, 15) is 28.0 Å². The first-order valence-corrected chi connectivity index (χ1v) is 11.8. The number of benzene rings is 3. The number of likely N-dealkylation sites (N-methyl/N-ethyl adjacent to an activating group) is 1. The minimum atomic E-state index is -4.46. The van der Waals surface area contributed by atoms with Crippen molar-refractivity contribution in [2.75, 3.05) is 27.3 Å². The van der Waals surface area contributed by atoms with Gasteiger partial charge in [-0.1, -0.05) is 30.7 Å². The molecule has 1 unspecified atom stereocenters. The Morgan fingerprint density at radius 3 is 2.29 bits per heavy atom. The Labute approximate surface area is 222 Å². The van der Waals surface area contributed by atoms with Gasteiger partial charge in [0, 0.05) is 33.2 Å². The second kappa shape index (κ2) is 11.7. The Hall–Kier alpha value is -3.81. The second-order valence-electron chi connectivity index (χ2n) is 8.31. The summed E-state index contributed by atoms with van der Waals surface area (Å²) in [5, 5.41) is 10.8. The van der Waals surface area contributed by atoms with Crippen molar-refractivity contribution in [1.82, 2.24) is 4.90 Å². The van der Waals surface area contributed by atoms with Crippen LogP contribution in [0.1, 0.15) is 18.9 Å². The van der Waals surface area contributed by atoms with Crippen molar-refractivity contribution in [1.29, 1.82) is 5.26 Å². The van der Waals surface area contributed by atoms with Crippen molar-refractivity contribution in [3.05, 3.63) is 65.2 Å². The number of hydrogen-bond acceptors (Lipinski definition) is 6. The Balaban J connectivity index is 1.92. The summed E-state index contributed by atoms with van der Waals surface area (Å²) in [7, 11) is 2.86. The molecule has 11 heteroatoms. The van der Waals surface area contributed by atoms with E-state index in [1.165, 1.54) is 57.5 Å². The number of alkyl halides is 3. The molecule has 0 heterocycles. The summed E-state index contributed by atoms with van der Waals surface area (Å²) in [6.07, 6.45) is -4.61. The summed E-state index contributed by atoms with van der Waals surface area (Å²) in [4.78, 5) is 27.1. The van der Waals surface area contributed by atoms with Crippen molar-refractivity contribution in [2.45, 2.75) is 25.1 Å². The van der Waals surface area contributed by atoms with Crippen LogP contribution in [0.15, 0.2) is 54.6 Å². The van der Waals surface area contributed by atoms with E-state index in [2.05, 4.69) is 0 Å². The molecule has 3 aromatic carbocycles. The number of methoxy groups -OCH3 is 1. The maximum atomic E-state index is 13.2. The van der Waals surface area contributed by atoms with E-state index in [1.54, 1.807) is 12.1 Å². The molecular formula is C27H24ClF3N2O5. The summed E-state index contributed by atoms with van der Waals surface area (Å²) in [6.45, 7) is 1.79. The van der Waals surface area contributed by atoms with E-state index >= 15 is 0 Å². The van der Waals surface area contributed by atoms with Crippen molar-refractivity contribution in [3.8, 4) is 23.3 Å². The fraction of sp³-hybridized carbons (Fsp3) is 0.296. The topological polar surface area (TPSA) is 88.9 Å². The van der Waals surface area contributed by atoms with Crippen LogP contribution in [-0.4, -0.2) is 49.5 Å². The third kappa shape index (κ3) is 6.18. The number of ketones is 1. The number of nitriles is 1. The van der Waals surface area contributed by atoms with E-state index in [0.29, 0.717) is 16.5 Å². The largest absolute Gasteiger partial charge is 0.457 e. The summed E-state index contributed by atoms with van der Waals surface area (Å²) in [5.74, 6) is -1.29. The predicted octanol–water partition coefficient (Wildman–Crippen LogP) is 6.03. The summed E-state index contributed by atoms with van der Waals surface area (Å²) < 4.78 is 55.5. The number of carbonyl (C=O) groups is 2. The van der Waals surface area contributed by atoms with Gasteiger partial charge < -0.3 is 19.1 Å². The zero-order chi connectivity index (χ0) is 28.1. The van der Waals surface area contributed by atoms with Gasteiger partial charge in [-0.15, -0.1) is 0 Å². The molecule has 1 atom stereocenters. The standard InChI is InChI=1S/C27H24ClF3N2O5/c1-4-24(34)26(16-32,25(35)33(2)11-12-36-3)38-23-15-21(9-10-22(23)28)37-20-8-6-17-13-19(27(29,30)31)7-5-18(17)14-20/h5-10,13-15H,4,11-12H2,1-3H3. The number of halogens is 4. The number of carbonyl (C=O) groups excluding carboxylic acids is 2. The average molecular weight is 549 g/mol. The molecule has 0 spiro atoms. The molecule has 0 saturated carbocycles. The number of nitrogens with zero attached hydrogens (tertiary/aromatic N) is 2. The smallest absolute Gasteiger partial charge is 0.416 e. The monoisotopic (exact) mass is 548 g/mol. The van der Waals surface area contributed by atoms with Crippen LogP contribution in [0.25, 0.3) is 10.8 Å². The molecule has 0 aliphatic carbocycles. The number of Topliss-reactive ketones (excluding diaryl/α,β-unsaturated/α-hetero) is 1. The highest BCUT2D eigenvalue weighted by Gasteiger charge is 2.50. The molecule has 0 radical (unpaired) electrons. The zero-order valence-electron chi connectivity index (χ0n) is 20.8. The summed E-state index contributed by atoms with van der Waals surface area (Å²) in [6, 6.07) is 13.8. The van der Waals surface area contributed by atoms with Gasteiger partial charge in [0.2, 0.25) is 5.78 Å². The van der Waals surface area contributed by atoms with Gasteiger partial charge in [-0.2, -0.15) is 18.4 Å². The number of ether oxygens (including phenoxy) is 3. The van der Waals surface area contributed by atoms with E-state index in [0.717, 1.165) is 17.0 Å². The maximum absolute atomic E-state index is 13.2. The molecule has 0 N–H and O–H groups in total. The third-order valence-electron chi connectivity index (χ3n) is 5.69. The molecule has 0 fully saturated rings. The zero-order valence-corrected chi connectivity index (χ0v) is 21.5. The molecule has 200 valence electrons. The van der Waals surface area contributed by atoms with Crippen LogP contribution in [0.5, 0.6) is 17.2 Å². The highest BCUT2D eigenvalue weighted by Crippen LogP contribution is 2.36. The van der Waals surface area contributed by atoms with Gasteiger partial charge in [-0.05, 0) is 47.2 Å². The molecular weight excluding hydrogens is 525 g/mol. The van der Waals surface area contributed by atoms with Crippen LogP contribution < -0.4 is 9.47 Å². The Bertz CT molecular complexity index is 1390. The van der Waals surface area contributed by atoms with Crippen LogP contribution >= 0.6 is 11.6 Å². The Morgan fingerprint density at radius 2 is 1.66 bits per heavy atom. The van der Waals surface area contributed by atoms with Crippen molar-refractivity contribution >= 4 is 34.1 Å². The lowest BCUT2D eigenvalue weighted by molar-refractivity contribution is -0.150.